The molecule has 0 spiro atoms. The van der Waals surface area contributed by atoms with E-state index in [-0.39, 0.29) is 12.6 Å². The van der Waals surface area contributed by atoms with E-state index in [4.69, 9.17) is 10.8 Å². The van der Waals surface area contributed by atoms with Gasteiger partial charge in [0.1, 0.15) is 0 Å². The van der Waals surface area contributed by atoms with Crippen LogP contribution in [0.25, 0.3) is 0 Å². The summed E-state index contributed by atoms with van der Waals surface area (Å²) in [4.78, 5) is 0. The molecular formula is C8H19NO. The quantitative estimate of drug-likeness (QED) is 0.619. The minimum Gasteiger partial charge on any atom is -0.395 e. The van der Waals surface area contributed by atoms with Crippen LogP contribution < -0.4 is 5.73 Å². The molecule has 3 unspecified atom stereocenters. The van der Waals surface area contributed by atoms with Gasteiger partial charge in [-0.3, -0.25) is 0 Å². The molecule has 0 heterocycles. The van der Waals surface area contributed by atoms with Crippen LogP contribution in [0.2, 0.25) is 0 Å². The van der Waals surface area contributed by atoms with Crippen molar-refractivity contribution in [3.05, 3.63) is 0 Å². The molecule has 0 radical (unpaired) electrons. The van der Waals surface area contributed by atoms with E-state index in [9.17, 15) is 0 Å². The largest absolute Gasteiger partial charge is 0.395 e. The van der Waals surface area contributed by atoms with Crippen molar-refractivity contribution in [2.75, 3.05) is 6.61 Å². The lowest BCUT2D eigenvalue weighted by Gasteiger charge is -2.23. The smallest absolute Gasteiger partial charge is 0.0585 e. The summed E-state index contributed by atoms with van der Waals surface area (Å²) >= 11 is 0. The van der Waals surface area contributed by atoms with Crippen LogP contribution in [0.1, 0.15) is 27.2 Å². The maximum Gasteiger partial charge on any atom is 0.0585 e. The summed E-state index contributed by atoms with van der Waals surface area (Å²) in [7, 11) is 0. The molecule has 2 nitrogen and oxygen atoms in total. The molecule has 0 rings (SSSR count). The summed E-state index contributed by atoms with van der Waals surface area (Å²) in [6, 6.07) is -0.0463. The Hall–Kier alpha value is -0.0800. The number of rotatable bonds is 4. The highest BCUT2D eigenvalue weighted by Crippen LogP contribution is 2.16. The van der Waals surface area contributed by atoms with Crippen LogP contribution in [-0.2, 0) is 0 Å². The summed E-state index contributed by atoms with van der Waals surface area (Å²) in [5, 5.41) is 8.72. The second kappa shape index (κ2) is 4.69. The van der Waals surface area contributed by atoms with Crippen molar-refractivity contribution in [3.63, 3.8) is 0 Å². The van der Waals surface area contributed by atoms with Gasteiger partial charge in [-0.05, 0) is 11.8 Å². The number of nitrogens with two attached hydrogens (primary N) is 1. The first kappa shape index (κ1) is 9.92. The highest BCUT2D eigenvalue weighted by Gasteiger charge is 2.16. The van der Waals surface area contributed by atoms with E-state index < -0.39 is 0 Å². The fourth-order valence-corrected chi connectivity index (χ4v) is 0.960. The van der Waals surface area contributed by atoms with Gasteiger partial charge in [-0.15, -0.1) is 0 Å². The minimum atomic E-state index is -0.0463. The Morgan fingerprint density at radius 3 is 2.20 bits per heavy atom. The summed E-state index contributed by atoms with van der Waals surface area (Å²) in [5.41, 5.74) is 5.64. The molecule has 62 valence electrons. The van der Waals surface area contributed by atoms with Gasteiger partial charge in [-0.2, -0.15) is 0 Å². The molecule has 0 fully saturated rings. The predicted molar refractivity (Wildman–Crippen MR) is 43.7 cm³/mol. The summed E-state index contributed by atoms with van der Waals surface area (Å²) < 4.78 is 0. The van der Waals surface area contributed by atoms with Crippen LogP contribution in [0.3, 0.4) is 0 Å². The second-order valence-corrected chi connectivity index (χ2v) is 3.09. The van der Waals surface area contributed by atoms with E-state index in [0.29, 0.717) is 11.8 Å². The van der Waals surface area contributed by atoms with Crippen molar-refractivity contribution in [2.45, 2.75) is 33.2 Å². The highest BCUT2D eigenvalue weighted by atomic mass is 16.3. The van der Waals surface area contributed by atoms with Gasteiger partial charge in [0.25, 0.3) is 0 Å². The molecule has 3 atom stereocenters. The molecule has 0 aliphatic rings. The standard InChI is InChI=1S/C8H19NO/c1-4-6(2)7(3)8(9)5-10/h6-8,10H,4-5,9H2,1-3H3. The molecule has 0 aromatic rings. The van der Waals surface area contributed by atoms with E-state index in [1.807, 2.05) is 0 Å². The zero-order valence-corrected chi connectivity index (χ0v) is 7.17. The lowest BCUT2D eigenvalue weighted by Crippen LogP contribution is -2.35. The first-order valence-electron chi connectivity index (χ1n) is 3.99. The predicted octanol–water partition coefficient (Wildman–Crippen LogP) is 0.988. The van der Waals surface area contributed by atoms with E-state index in [2.05, 4.69) is 20.8 Å². The van der Waals surface area contributed by atoms with Crippen molar-refractivity contribution in [2.24, 2.45) is 17.6 Å². The summed E-state index contributed by atoms with van der Waals surface area (Å²) in [6.07, 6.45) is 1.13. The van der Waals surface area contributed by atoms with Gasteiger partial charge in [0.2, 0.25) is 0 Å². The summed E-state index contributed by atoms with van der Waals surface area (Å²) in [5.74, 6) is 1.04. The average molecular weight is 145 g/mol. The first-order chi connectivity index (χ1) is 4.63. The van der Waals surface area contributed by atoms with Gasteiger partial charge in [0.05, 0.1) is 6.61 Å². The molecule has 0 aliphatic carbocycles. The lowest BCUT2D eigenvalue weighted by molar-refractivity contribution is 0.201. The van der Waals surface area contributed by atoms with Gasteiger partial charge in [0, 0.05) is 6.04 Å². The minimum absolute atomic E-state index is 0.0463. The number of aliphatic hydroxyl groups is 1. The number of aliphatic hydroxyl groups excluding tert-OH is 1. The van der Waals surface area contributed by atoms with Gasteiger partial charge in [0.15, 0.2) is 0 Å². The maximum atomic E-state index is 8.72. The third-order valence-corrected chi connectivity index (χ3v) is 2.43. The second-order valence-electron chi connectivity index (χ2n) is 3.09. The third-order valence-electron chi connectivity index (χ3n) is 2.43. The van der Waals surface area contributed by atoms with Crippen LogP contribution in [0, 0.1) is 11.8 Å². The molecule has 0 bridgehead atoms. The molecule has 0 aromatic heterocycles. The van der Waals surface area contributed by atoms with Crippen molar-refractivity contribution < 1.29 is 5.11 Å². The van der Waals surface area contributed by atoms with Crippen molar-refractivity contribution in [1.29, 1.82) is 0 Å². The molecule has 0 amide bonds. The Morgan fingerprint density at radius 2 is 1.90 bits per heavy atom. The topological polar surface area (TPSA) is 46.2 Å². The van der Waals surface area contributed by atoms with Crippen molar-refractivity contribution in [1.82, 2.24) is 0 Å². The summed E-state index contributed by atoms with van der Waals surface area (Å²) in [6.45, 7) is 6.51. The lowest BCUT2D eigenvalue weighted by atomic mass is 9.88. The van der Waals surface area contributed by atoms with Crippen molar-refractivity contribution >= 4 is 0 Å². The van der Waals surface area contributed by atoms with Crippen LogP contribution in [0.5, 0.6) is 0 Å². The zero-order chi connectivity index (χ0) is 8.15. The Labute approximate surface area is 63.4 Å². The van der Waals surface area contributed by atoms with E-state index >= 15 is 0 Å². The van der Waals surface area contributed by atoms with Gasteiger partial charge in [-0.1, -0.05) is 27.2 Å². The van der Waals surface area contributed by atoms with E-state index in [1.54, 1.807) is 0 Å². The molecule has 2 heteroatoms. The monoisotopic (exact) mass is 145 g/mol. The third kappa shape index (κ3) is 2.67. The van der Waals surface area contributed by atoms with Crippen molar-refractivity contribution in [3.8, 4) is 0 Å². The Bertz CT molecular complexity index is 75.3. The Kier molecular flexibility index (Phi) is 4.65. The van der Waals surface area contributed by atoms with E-state index in [1.165, 1.54) is 0 Å². The number of hydrogen-bond acceptors (Lipinski definition) is 2. The van der Waals surface area contributed by atoms with Gasteiger partial charge >= 0.3 is 0 Å². The SMILES string of the molecule is CCC(C)C(C)C(N)CO. The fraction of sp³-hybridized carbons (Fsp3) is 1.00. The molecule has 0 aromatic carbocycles. The zero-order valence-electron chi connectivity index (χ0n) is 7.17. The maximum absolute atomic E-state index is 8.72. The van der Waals surface area contributed by atoms with Gasteiger partial charge in [-0.25, -0.2) is 0 Å². The van der Waals surface area contributed by atoms with Crippen LogP contribution in [-0.4, -0.2) is 17.8 Å². The normalized spacial score (nSPS) is 20.1. The van der Waals surface area contributed by atoms with E-state index in [0.717, 1.165) is 6.42 Å². The van der Waals surface area contributed by atoms with Crippen LogP contribution in [0.4, 0.5) is 0 Å². The molecule has 10 heavy (non-hydrogen) atoms. The van der Waals surface area contributed by atoms with Crippen LogP contribution >= 0.6 is 0 Å². The van der Waals surface area contributed by atoms with Crippen LogP contribution in [0.15, 0.2) is 0 Å². The Morgan fingerprint density at radius 1 is 1.40 bits per heavy atom. The molecule has 0 saturated carbocycles. The molecular weight excluding hydrogens is 126 g/mol. The average Bonchev–Trinajstić information content (AvgIpc) is 2.00. The highest BCUT2D eigenvalue weighted by molar-refractivity contribution is 4.71. The first-order valence-corrected chi connectivity index (χ1v) is 3.99. The Balaban J connectivity index is 3.69. The molecule has 0 saturated heterocycles. The molecule has 0 aliphatic heterocycles. The van der Waals surface area contributed by atoms with Gasteiger partial charge < -0.3 is 10.8 Å². The molecule has 3 N–H and O–H groups in total. The fourth-order valence-electron chi connectivity index (χ4n) is 0.960. The number of hydrogen-bond donors (Lipinski definition) is 2.